The zero-order chi connectivity index (χ0) is 13.8. The van der Waals surface area contributed by atoms with Crippen molar-refractivity contribution < 1.29 is 4.79 Å². The Balaban J connectivity index is 2.03. The van der Waals surface area contributed by atoms with Gasteiger partial charge in [-0.25, -0.2) is 4.98 Å². The van der Waals surface area contributed by atoms with Crippen molar-refractivity contribution in [2.24, 2.45) is 0 Å². The summed E-state index contributed by atoms with van der Waals surface area (Å²) < 4.78 is 1.88. The molecule has 0 bridgehead atoms. The molecular formula is C15H19N3O. The molecule has 1 heterocycles. The molecule has 4 heteroatoms. The fourth-order valence-corrected chi connectivity index (χ4v) is 2.03. The molecule has 4 nitrogen and oxygen atoms in total. The van der Waals surface area contributed by atoms with E-state index in [-0.39, 0.29) is 5.91 Å². The van der Waals surface area contributed by atoms with E-state index in [1.165, 1.54) is 0 Å². The number of aromatic nitrogens is 2. The number of nitrogens with one attached hydrogen (secondary N) is 1. The summed E-state index contributed by atoms with van der Waals surface area (Å²) >= 11 is 0. The number of imidazole rings is 1. The van der Waals surface area contributed by atoms with Crippen molar-refractivity contribution in [1.82, 2.24) is 9.55 Å². The molecule has 0 saturated carbocycles. The summed E-state index contributed by atoms with van der Waals surface area (Å²) in [6.45, 7) is 6.43. The summed E-state index contributed by atoms with van der Waals surface area (Å²) in [7, 11) is 0. The van der Waals surface area contributed by atoms with E-state index in [0.29, 0.717) is 12.5 Å². The van der Waals surface area contributed by atoms with Crippen molar-refractivity contribution in [3.63, 3.8) is 0 Å². The van der Waals surface area contributed by atoms with Gasteiger partial charge in [0, 0.05) is 24.0 Å². The van der Waals surface area contributed by atoms with E-state index in [1.54, 1.807) is 6.20 Å². The van der Waals surface area contributed by atoms with Crippen LogP contribution in [-0.4, -0.2) is 15.5 Å². The van der Waals surface area contributed by atoms with Crippen LogP contribution in [0.1, 0.15) is 31.2 Å². The number of amides is 1. The maximum Gasteiger partial charge on any atom is 0.244 e. The van der Waals surface area contributed by atoms with Gasteiger partial charge in [0.1, 0.15) is 12.4 Å². The second-order valence-electron chi connectivity index (χ2n) is 4.99. The molecule has 0 aliphatic rings. The minimum atomic E-state index is -0.0366. The number of nitrogens with zero attached hydrogens (tertiary/aromatic N) is 2. The van der Waals surface area contributed by atoms with Gasteiger partial charge in [0.15, 0.2) is 0 Å². The van der Waals surface area contributed by atoms with Gasteiger partial charge in [-0.3, -0.25) is 4.79 Å². The van der Waals surface area contributed by atoms with Gasteiger partial charge >= 0.3 is 0 Å². The Hall–Kier alpha value is -2.10. The maximum absolute atomic E-state index is 12.0. The van der Waals surface area contributed by atoms with Crippen molar-refractivity contribution in [3.8, 4) is 0 Å². The molecule has 1 N–H and O–H groups in total. The third-order valence-corrected chi connectivity index (χ3v) is 2.88. The minimum absolute atomic E-state index is 0.0366. The SMILES string of the molecule is Cc1cccc(NC(=O)Cn2ccnc2C(C)C)c1. The van der Waals surface area contributed by atoms with Crippen molar-refractivity contribution in [1.29, 1.82) is 0 Å². The minimum Gasteiger partial charge on any atom is -0.325 e. The smallest absolute Gasteiger partial charge is 0.244 e. The first-order valence-corrected chi connectivity index (χ1v) is 6.44. The molecule has 19 heavy (non-hydrogen) atoms. The number of anilines is 1. The monoisotopic (exact) mass is 257 g/mol. The lowest BCUT2D eigenvalue weighted by Gasteiger charge is -2.11. The molecule has 0 spiro atoms. The largest absolute Gasteiger partial charge is 0.325 e. The Morgan fingerprint density at radius 2 is 2.21 bits per heavy atom. The van der Waals surface area contributed by atoms with Crippen LogP contribution in [0.4, 0.5) is 5.69 Å². The van der Waals surface area contributed by atoms with Gasteiger partial charge in [-0.1, -0.05) is 26.0 Å². The van der Waals surface area contributed by atoms with E-state index < -0.39 is 0 Å². The first-order valence-electron chi connectivity index (χ1n) is 6.44. The second-order valence-corrected chi connectivity index (χ2v) is 4.99. The molecule has 0 atom stereocenters. The number of carbonyl (C=O) groups excluding carboxylic acids is 1. The van der Waals surface area contributed by atoms with E-state index in [1.807, 2.05) is 42.0 Å². The molecule has 1 aromatic heterocycles. The van der Waals surface area contributed by atoms with Gasteiger partial charge in [-0.05, 0) is 24.6 Å². The van der Waals surface area contributed by atoms with Gasteiger partial charge in [0.2, 0.25) is 5.91 Å². The lowest BCUT2D eigenvalue weighted by atomic mass is 10.2. The molecule has 2 aromatic rings. The Morgan fingerprint density at radius 1 is 1.42 bits per heavy atom. The number of aryl methyl sites for hydroxylation is 1. The molecular weight excluding hydrogens is 238 g/mol. The highest BCUT2D eigenvalue weighted by molar-refractivity contribution is 5.90. The van der Waals surface area contributed by atoms with E-state index >= 15 is 0 Å². The van der Waals surface area contributed by atoms with Gasteiger partial charge in [-0.2, -0.15) is 0 Å². The highest BCUT2D eigenvalue weighted by atomic mass is 16.1. The van der Waals surface area contributed by atoms with E-state index in [0.717, 1.165) is 17.1 Å². The third-order valence-electron chi connectivity index (χ3n) is 2.88. The first kappa shape index (κ1) is 13.3. The van der Waals surface area contributed by atoms with Gasteiger partial charge < -0.3 is 9.88 Å². The highest BCUT2D eigenvalue weighted by Crippen LogP contribution is 2.13. The summed E-state index contributed by atoms with van der Waals surface area (Å²) in [5, 5.41) is 2.90. The molecule has 1 aromatic carbocycles. The average molecular weight is 257 g/mol. The lowest BCUT2D eigenvalue weighted by molar-refractivity contribution is -0.116. The molecule has 0 radical (unpaired) electrons. The first-order chi connectivity index (χ1) is 9.06. The predicted molar refractivity (Wildman–Crippen MR) is 76.1 cm³/mol. The summed E-state index contributed by atoms with van der Waals surface area (Å²) in [5.74, 6) is 1.20. The number of hydrogen-bond donors (Lipinski definition) is 1. The van der Waals surface area contributed by atoms with E-state index in [9.17, 15) is 4.79 Å². The molecule has 0 unspecified atom stereocenters. The molecule has 0 aliphatic heterocycles. The van der Waals surface area contributed by atoms with Crippen LogP contribution in [0.25, 0.3) is 0 Å². The van der Waals surface area contributed by atoms with Gasteiger partial charge in [0.25, 0.3) is 0 Å². The van der Waals surface area contributed by atoms with Crippen LogP contribution in [0.3, 0.4) is 0 Å². The molecule has 2 rings (SSSR count). The maximum atomic E-state index is 12.0. The van der Waals surface area contributed by atoms with Crippen molar-refractivity contribution in [3.05, 3.63) is 48.0 Å². The second kappa shape index (κ2) is 5.69. The Morgan fingerprint density at radius 3 is 2.89 bits per heavy atom. The lowest BCUT2D eigenvalue weighted by Crippen LogP contribution is -2.20. The average Bonchev–Trinajstić information content (AvgIpc) is 2.76. The standard InChI is InChI=1S/C15H19N3O/c1-11(2)15-16-7-8-18(15)10-14(19)17-13-6-4-5-12(3)9-13/h4-9,11H,10H2,1-3H3,(H,17,19). The fourth-order valence-electron chi connectivity index (χ4n) is 2.03. The molecule has 0 saturated heterocycles. The Kier molecular flexibility index (Phi) is 4.00. The van der Waals surface area contributed by atoms with Crippen molar-refractivity contribution in [2.75, 3.05) is 5.32 Å². The van der Waals surface area contributed by atoms with Crippen LogP contribution in [0.5, 0.6) is 0 Å². The molecule has 0 aliphatic carbocycles. The number of hydrogen-bond acceptors (Lipinski definition) is 2. The van der Waals surface area contributed by atoms with E-state index in [2.05, 4.69) is 24.1 Å². The number of rotatable bonds is 4. The van der Waals surface area contributed by atoms with Crippen LogP contribution < -0.4 is 5.32 Å². The zero-order valence-electron chi connectivity index (χ0n) is 11.6. The van der Waals surface area contributed by atoms with E-state index in [4.69, 9.17) is 0 Å². The van der Waals surface area contributed by atoms with Gasteiger partial charge in [-0.15, -0.1) is 0 Å². The van der Waals surface area contributed by atoms with Crippen molar-refractivity contribution >= 4 is 11.6 Å². The summed E-state index contributed by atoms with van der Waals surface area (Å²) in [4.78, 5) is 16.3. The Bertz CT molecular complexity index is 572. The van der Waals surface area contributed by atoms with Crippen LogP contribution in [0, 0.1) is 6.92 Å². The number of benzene rings is 1. The fraction of sp³-hybridized carbons (Fsp3) is 0.333. The zero-order valence-corrected chi connectivity index (χ0v) is 11.6. The quantitative estimate of drug-likeness (QED) is 0.915. The van der Waals surface area contributed by atoms with Gasteiger partial charge in [0.05, 0.1) is 0 Å². The third kappa shape index (κ3) is 3.44. The predicted octanol–water partition coefficient (Wildman–Crippen LogP) is 2.95. The van der Waals surface area contributed by atoms with Crippen LogP contribution in [0.2, 0.25) is 0 Å². The molecule has 100 valence electrons. The Labute approximate surface area is 113 Å². The molecule has 1 amide bonds. The summed E-state index contributed by atoms with van der Waals surface area (Å²) in [6.07, 6.45) is 3.57. The van der Waals surface area contributed by atoms with Crippen LogP contribution >= 0.6 is 0 Å². The number of carbonyl (C=O) groups is 1. The molecule has 0 fully saturated rings. The van der Waals surface area contributed by atoms with Crippen molar-refractivity contribution in [2.45, 2.75) is 33.2 Å². The summed E-state index contributed by atoms with van der Waals surface area (Å²) in [5.41, 5.74) is 1.96. The highest BCUT2D eigenvalue weighted by Gasteiger charge is 2.10. The van der Waals surface area contributed by atoms with Crippen LogP contribution in [0.15, 0.2) is 36.7 Å². The normalized spacial score (nSPS) is 10.7. The topological polar surface area (TPSA) is 46.9 Å². The summed E-state index contributed by atoms with van der Waals surface area (Å²) in [6, 6.07) is 7.78. The van der Waals surface area contributed by atoms with Crippen LogP contribution in [-0.2, 0) is 11.3 Å².